The van der Waals surface area contributed by atoms with E-state index in [2.05, 4.69) is 10.5 Å². The minimum atomic E-state index is -1.08. The van der Waals surface area contributed by atoms with Crippen LogP contribution in [0.5, 0.6) is 5.75 Å². The summed E-state index contributed by atoms with van der Waals surface area (Å²) in [5.41, 5.74) is 1.35. The molecule has 0 radical (unpaired) electrons. The van der Waals surface area contributed by atoms with E-state index < -0.39 is 5.60 Å². The summed E-state index contributed by atoms with van der Waals surface area (Å²) in [5.74, 6) is 1.52. The van der Waals surface area contributed by atoms with Gasteiger partial charge in [0, 0.05) is 5.02 Å². The fourth-order valence-corrected chi connectivity index (χ4v) is 1.78. The van der Waals surface area contributed by atoms with Gasteiger partial charge in [0.1, 0.15) is 17.3 Å². The van der Waals surface area contributed by atoms with E-state index >= 15 is 0 Å². The van der Waals surface area contributed by atoms with Gasteiger partial charge in [-0.1, -0.05) is 11.6 Å². The average Bonchev–Trinajstić information content (AvgIpc) is 2.87. The van der Waals surface area contributed by atoms with Crippen LogP contribution in [0, 0.1) is 6.92 Å². The van der Waals surface area contributed by atoms with Gasteiger partial charge in [-0.3, -0.25) is 4.79 Å². The Labute approximate surface area is 133 Å². The largest absolute Gasteiger partial charge is 0.478 e. The van der Waals surface area contributed by atoms with Gasteiger partial charge in [0.05, 0.1) is 6.21 Å². The number of carbonyl (C=O) groups excluding carboxylic acids is 1. The van der Waals surface area contributed by atoms with Gasteiger partial charge in [0.25, 0.3) is 5.91 Å². The highest BCUT2D eigenvalue weighted by Gasteiger charge is 2.29. The molecular formula is C16H17ClN2O3. The van der Waals surface area contributed by atoms with Crippen molar-refractivity contribution in [2.45, 2.75) is 26.4 Å². The first-order chi connectivity index (χ1) is 10.4. The summed E-state index contributed by atoms with van der Waals surface area (Å²) in [6.07, 6.45) is 1.43. The fraction of sp³-hybridized carbons (Fsp3) is 0.250. The van der Waals surface area contributed by atoms with Crippen molar-refractivity contribution < 1.29 is 13.9 Å². The zero-order valence-electron chi connectivity index (χ0n) is 12.6. The number of furan rings is 1. The number of carbonyl (C=O) groups is 1. The summed E-state index contributed by atoms with van der Waals surface area (Å²) in [5, 5.41) is 4.46. The molecule has 0 aliphatic carbocycles. The van der Waals surface area contributed by atoms with Crippen molar-refractivity contribution in [1.29, 1.82) is 0 Å². The summed E-state index contributed by atoms with van der Waals surface area (Å²) in [7, 11) is 0. The molecule has 6 heteroatoms. The smallest absolute Gasteiger partial charge is 0.283 e. The second-order valence-corrected chi connectivity index (χ2v) is 5.65. The van der Waals surface area contributed by atoms with E-state index in [9.17, 15) is 4.79 Å². The van der Waals surface area contributed by atoms with E-state index in [1.165, 1.54) is 6.21 Å². The molecule has 1 aromatic heterocycles. The quantitative estimate of drug-likeness (QED) is 0.677. The number of hydrazone groups is 1. The number of halogens is 1. The molecule has 0 atom stereocenters. The van der Waals surface area contributed by atoms with Crippen LogP contribution in [0.2, 0.25) is 5.02 Å². The van der Waals surface area contributed by atoms with Gasteiger partial charge < -0.3 is 9.15 Å². The molecule has 116 valence electrons. The maximum atomic E-state index is 12.1. The van der Waals surface area contributed by atoms with Gasteiger partial charge in [0.15, 0.2) is 5.60 Å². The molecule has 1 heterocycles. The number of hydrogen-bond donors (Lipinski definition) is 1. The van der Waals surface area contributed by atoms with Crippen molar-refractivity contribution in [3.8, 4) is 5.75 Å². The predicted molar refractivity (Wildman–Crippen MR) is 85.3 cm³/mol. The van der Waals surface area contributed by atoms with Gasteiger partial charge in [-0.05, 0) is 57.2 Å². The lowest BCUT2D eigenvalue weighted by atomic mass is 10.1. The van der Waals surface area contributed by atoms with Crippen molar-refractivity contribution in [2.24, 2.45) is 5.10 Å². The summed E-state index contributed by atoms with van der Waals surface area (Å²) in [6.45, 7) is 5.14. The molecule has 2 aromatic rings. The Morgan fingerprint density at radius 2 is 1.95 bits per heavy atom. The maximum absolute atomic E-state index is 12.1. The van der Waals surface area contributed by atoms with Gasteiger partial charge in [0.2, 0.25) is 0 Å². The molecule has 0 aliphatic rings. The Hall–Kier alpha value is -2.27. The third kappa shape index (κ3) is 4.36. The molecule has 0 bridgehead atoms. The molecule has 2 rings (SSSR count). The monoisotopic (exact) mass is 320 g/mol. The van der Waals surface area contributed by atoms with Crippen LogP contribution in [0.25, 0.3) is 0 Å². The minimum absolute atomic E-state index is 0.373. The molecule has 22 heavy (non-hydrogen) atoms. The molecule has 0 saturated carbocycles. The van der Waals surface area contributed by atoms with Crippen LogP contribution in [0.3, 0.4) is 0 Å². The normalized spacial score (nSPS) is 11.6. The highest BCUT2D eigenvalue weighted by Crippen LogP contribution is 2.20. The van der Waals surface area contributed by atoms with Crippen LogP contribution in [0.15, 0.2) is 45.9 Å². The maximum Gasteiger partial charge on any atom is 0.283 e. The first kappa shape index (κ1) is 16.1. The van der Waals surface area contributed by atoms with E-state index in [0.29, 0.717) is 16.5 Å². The highest BCUT2D eigenvalue weighted by atomic mass is 35.5. The van der Waals surface area contributed by atoms with Gasteiger partial charge >= 0.3 is 0 Å². The summed E-state index contributed by atoms with van der Waals surface area (Å²) in [6, 6.07) is 10.4. The summed E-state index contributed by atoms with van der Waals surface area (Å²) >= 11 is 5.81. The number of benzene rings is 1. The predicted octanol–water partition coefficient (Wildman–Crippen LogP) is 3.55. The van der Waals surface area contributed by atoms with E-state index in [4.69, 9.17) is 20.8 Å². The number of nitrogens with one attached hydrogen (secondary N) is 1. The number of aryl methyl sites for hydroxylation is 1. The molecule has 0 saturated heterocycles. The van der Waals surface area contributed by atoms with Crippen molar-refractivity contribution in [1.82, 2.24) is 5.43 Å². The van der Waals surface area contributed by atoms with Crippen LogP contribution in [-0.4, -0.2) is 17.7 Å². The van der Waals surface area contributed by atoms with E-state index in [1.54, 1.807) is 44.2 Å². The SMILES string of the molecule is Cc1ccc(/C=N/NC(=O)C(C)(C)Oc2ccc(Cl)cc2)o1. The summed E-state index contributed by atoms with van der Waals surface area (Å²) in [4.78, 5) is 12.1. The van der Waals surface area contributed by atoms with Crippen molar-refractivity contribution >= 4 is 23.7 Å². The lowest BCUT2D eigenvalue weighted by Crippen LogP contribution is -2.44. The number of ether oxygens (including phenoxy) is 1. The molecular weight excluding hydrogens is 304 g/mol. The molecule has 0 fully saturated rings. The number of amides is 1. The highest BCUT2D eigenvalue weighted by molar-refractivity contribution is 6.30. The third-order valence-corrected chi connectivity index (χ3v) is 3.10. The van der Waals surface area contributed by atoms with Crippen LogP contribution in [0.4, 0.5) is 0 Å². The molecule has 0 spiro atoms. The number of nitrogens with zero attached hydrogens (tertiary/aromatic N) is 1. The van der Waals surface area contributed by atoms with Crippen LogP contribution < -0.4 is 10.2 Å². The third-order valence-electron chi connectivity index (χ3n) is 2.85. The lowest BCUT2D eigenvalue weighted by molar-refractivity contribution is -0.134. The summed E-state index contributed by atoms with van der Waals surface area (Å²) < 4.78 is 11.0. The number of rotatable bonds is 5. The standard InChI is InChI=1S/C16H17ClN2O3/c1-11-4-7-14(21-11)10-18-19-15(20)16(2,3)22-13-8-5-12(17)6-9-13/h4-10H,1-3H3,(H,19,20)/b18-10+. The van der Waals surface area contributed by atoms with Crippen molar-refractivity contribution in [3.63, 3.8) is 0 Å². The molecule has 1 amide bonds. The van der Waals surface area contributed by atoms with Crippen molar-refractivity contribution in [3.05, 3.63) is 52.9 Å². The Bertz CT molecular complexity index is 675. The molecule has 0 unspecified atom stereocenters. The lowest BCUT2D eigenvalue weighted by Gasteiger charge is -2.24. The van der Waals surface area contributed by atoms with Crippen LogP contribution >= 0.6 is 11.6 Å². The topological polar surface area (TPSA) is 63.8 Å². The Kier molecular flexibility index (Phi) is 4.88. The van der Waals surface area contributed by atoms with Crippen molar-refractivity contribution in [2.75, 3.05) is 0 Å². The zero-order chi connectivity index (χ0) is 16.2. The molecule has 0 aliphatic heterocycles. The second-order valence-electron chi connectivity index (χ2n) is 5.21. The molecule has 5 nitrogen and oxygen atoms in total. The second kappa shape index (κ2) is 6.66. The van der Waals surface area contributed by atoms with Crippen LogP contribution in [-0.2, 0) is 4.79 Å². The van der Waals surface area contributed by atoms with E-state index in [1.807, 2.05) is 13.0 Å². The minimum Gasteiger partial charge on any atom is -0.478 e. The van der Waals surface area contributed by atoms with E-state index in [0.717, 1.165) is 5.76 Å². The average molecular weight is 321 g/mol. The Balaban J connectivity index is 1.94. The molecule has 1 N–H and O–H groups in total. The zero-order valence-corrected chi connectivity index (χ0v) is 13.3. The van der Waals surface area contributed by atoms with Crippen LogP contribution in [0.1, 0.15) is 25.4 Å². The molecule has 1 aromatic carbocycles. The van der Waals surface area contributed by atoms with Gasteiger partial charge in [-0.15, -0.1) is 0 Å². The Morgan fingerprint density at radius 1 is 1.27 bits per heavy atom. The van der Waals surface area contributed by atoms with Gasteiger partial charge in [-0.25, -0.2) is 5.43 Å². The Morgan fingerprint density at radius 3 is 2.55 bits per heavy atom. The first-order valence-electron chi connectivity index (χ1n) is 6.71. The van der Waals surface area contributed by atoms with Gasteiger partial charge in [-0.2, -0.15) is 5.10 Å². The first-order valence-corrected chi connectivity index (χ1v) is 7.09. The fourth-order valence-electron chi connectivity index (χ4n) is 1.66. The van der Waals surface area contributed by atoms with E-state index in [-0.39, 0.29) is 5.91 Å². The number of hydrogen-bond acceptors (Lipinski definition) is 4.